The molecule has 0 unspecified atom stereocenters. The van der Waals surface area contributed by atoms with E-state index >= 15 is 0 Å². The van der Waals surface area contributed by atoms with Gasteiger partial charge in [-0.05, 0) is 53.9 Å². The third kappa shape index (κ3) is 4.20. The molecule has 9 heteroatoms. The van der Waals surface area contributed by atoms with Crippen LogP contribution < -0.4 is 15.4 Å². The number of rotatable bonds is 4. The van der Waals surface area contributed by atoms with Crippen molar-refractivity contribution in [1.82, 2.24) is 4.31 Å². The number of amides is 2. The minimum atomic E-state index is -3.76. The van der Waals surface area contributed by atoms with Gasteiger partial charge < -0.3 is 15.4 Å². The fourth-order valence-electron chi connectivity index (χ4n) is 3.99. The van der Waals surface area contributed by atoms with Gasteiger partial charge in [0.15, 0.2) is 6.61 Å². The topological polar surface area (TPSA) is 105 Å². The maximum Gasteiger partial charge on any atom is 0.262 e. The fourth-order valence-corrected chi connectivity index (χ4v) is 5.45. The van der Waals surface area contributed by atoms with E-state index in [0.717, 1.165) is 11.1 Å². The van der Waals surface area contributed by atoms with Crippen LogP contribution in [-0.2, 0) is 27.8 Å². The molecule has 5 rings (SSSR count). The van der Waals surface area contributed by atoms with Gasteiger partial charge in [-0.25, -0.2) is 8.42 Å². The SMILES string of the molecule is O=C1COc2ccc(NC(=O)c3cccc(S(=O)(=O)N4CCc5ccccc5C4)c3)cc2N1. The molecule has 2 aliphatic rings. The molecule has 0 radical (unpaired) electrons. The number of hydrogen-bond acceptors (Lipinski definition) is 5. The van der Waals surface area contributed by atoms with E-state index < -0.39 is 15.9 Å². The van der Waals surface area contributed by atoms with Crippen LogP contribution >= 0.6 is 0 Å². The first kappa shape index (κ1) is 21.2. The van der Waals surface area contributed by atoms with E-state index in [2.05, 4.69) is 10.6 Å². The summed E-state index contributed by atoms with van der Waals surface area (Å²) in [6.45, 7) is 0.638. The lowest BCUT2D eigenvalue weighted by Gasteiger charge is -2.28. The molecule has 0 saturated heterocycles. The minimum absolute atomic E-state index is 0.0530. The lowest BCUT2D eigenvalue weighted by molar-refractivity contribution is -0.118. The molecule has 0 aliphatic carbocycles. The molecule has 0 fully saturated rings. The zero-order valence-corrected chi connectivity index (χ0v) is 18.4. The second-order valence-corrected chi connectivity index (χ2v) is 9.82. The van der Waals surface area contributed by atoms with Gasteiger partial charge in [-0.1, -0.05) is 30.3 Å². The molecular weight excluding hydrogens is 442 g/mol. The van der Waals surface area contributed by atoms with Gasteiger partial charge in [0.2, 0.25) is 10.0 Å². The second kappa shape index (κ2) is 8.34. The highest BCUT2D eigenvalue weighted by molar-refractivity contribution is 7.89. The zero-order chi connectivity index (χ0) is 23.0. The molecule has 168 valence electrons. The molecule has 8 nitrogen and oxygen atoms in total. The minimum Gasteiger partial charge on any atom is -0.482 e. The van der Waals surface area contributed by atoms with Crippen molar-refractivity contribution < 1.29 is 22.7 Å². The molecule has 3 aromatic rings. The van der Waals surface area contributed by atoms with E-state index in [1.807, 2.05) is 24.3 Å². The summed E-state index contributed by atoms with van der Waals surface area (Å²) >= 11 is 0. The van der Waals surface area contributed by atoms with Crippen LogP contribution in [0.25, 0.3) is 0 Å². The van der Waals surface area contributed by atoms with Crippen molar-refractivity contribution in [3.8, 4) is 5.75 Å². The summed E-state index contributed by atoms with van der Waals surface area (Å²) in [5, 5.41) is 5.43. The van der Waals surface area contributed by atoms with Crippen molar-refractivity contribution in [2.24, 2.45) is 0 Å². The maximum absolute atomic E-state index is 13.3. The fraction of sp³-hybridized carbons (Fsp3) is 0.167. The number of carbonyl (C=O) groups excluding carboxylic acids is 2. The summed E-state index contributed by atoms with van der Waals surface area (Å²) in [6.07, 6.45) is 0.647. The number of sulfonamides is 1. The van der Waals surface area contributed by atoms with E-state index in [1.54, 1.807) is 30.3 Å². The van der Waals surface area contributed by atoms with Crippen LogP contribution in [-0.4, -0.2) is 37.7 Å². The van der Waals surface area contributed by atoms with Gasteiger partial charge in [-0.2, -0.15) is 4.31 Å². The summed E-state index contributed by atoms with van der Waals surface area (Å²) in [7, 11) is -3.76. The number of fused-ring (bicyclic) bond motifs is 2. The van der Waals surface area contributed by atoms with Crippen LogP contribution in [0.2, 0.25) is 0 Å². The van der Waals surface area contributed by atoms with Gasteiger partial charge in [-0.15, -0.1) is 0 Å². The molecule has 0 atom stereocenters. The van der Waals surface area contributed by atoms with Crippen LogP contribution in [0.15, 0.2) is 71.6 Å². The number of anilines is 2. The largest absolute Gasteiger partial charge is 0.482 e. The van der Waals surface area contributed by atoms with Gasteiger partial charge in [-0.3, -0.25) is 9.59 Å². The molecule has 0 saturated carbocycles. The van der Waals surface area contributed by atoms with Crippen LogP contribution in [0.5, 0.6) is 5.75 Å². The van der Waals surface area contributed by atoms with E-state index in [0.29, 0.717) is 36.6 Å². The zero-order valence-electron chi connectivity index (χ0n) is 17.6. The van der Waals surface area contributed by atoms with E-state index in [9.17, 15) is 18.0 Å². The Balaban J connectivity index is 1.35. The summed E-state index contributed by atoms with van der Waals surface area (Å²) in [5.74, 6) is -0.216. The van der Waals surface area contributed by atoms with Crippen molar-refractivity contribution in [2.45, 2.75) is 17.9 Å². The highest BCUT2D eigenvalue weighted by atomic mass is 32.2. The highest BCUT2D eigenvalue weighted by Gasteiger charge is 2.28. The van der Waals surface area contributed by atoms with Crippen molar-refractivity contribution >= 4 is 33.2 Å². The van der Waals surface area contributed by atoms with Gasteiger partial charge in [0.1, 0.15) is 5.75 Å². The Hall–Kier alpha value is -3.69. The first-order chi connectivity index (χ1) is 15.9. The lowest BCUT2D eigenvalue weighted by atomic mass is 10.0. The molecule has 0 aromatic heterocycles. The Bertz CT molecular complexity index is 1370. The number of hydrogen-bond donors (Lipinski definition) is 2. The standard InChI is InChI=1S/C24H21N3O5S/c28-23-15-32-22-9-8-19(13-21(22)26-23)25-24(29)17-6-3-7-20(12-17)33(30,31)27-11-10-16-4-1-2-5-18(16)14-27/h1-9,12-13H,10-11,14-15H2,(H,25,29)(H,26,28). The average Bonchev–Trinajstić information content (AvgIpc) is 2.83. The van der Waals surface area contributed by atoms with Crippen molar-refractivity contribution in [3.05, 3.63) is 83.4 Å². The molecule has 2 amide bonds. The van der Waals surface area contributed by atoms with Gasteiger partial charge in [0.05, 0.1) is 10.6 Å². The normalized spacial score (nSPS) is 15.6. The Morgan fingerprint density at radius 2 is 1.82 bits per heavy atom. The molecule has 0 spiro atoms. The van der Waals surface area contributed by atoms with Gasteiger partial charge in [0, 0.05) is 24.3 Å². The van der Waals surface area contributed by atoms with Gasteiger partial charge >= 0.3 is 0 Å². The Morgan fingerprint density at radius 3 is 2.67 bits per heavy atom. The number of nitrogens with one attached hydrogen (secondary N) is 2. The van der Waals surface area contributed by atoms with Crippen molar-refractivity contribution in [2.75, 3.05) is 23.8 Å². The summed E-state index contributed by atoms with van der Waals surface area (Å²) in [5.41, 5.74) is 3.27. The van der Waals surface area contributed by atoms with E-state index in [-0.39, 0.29) is 23.0 Å². The Morgan fingerprint density at radius 1 is 1.00 bits per heavy atom. The van der Waals surface area contributed by atoms with E-state index in [4.69, 9.17) is 4.74 Å². The number of ether oxygens (including phenoxy) is 1. The quantitative estimate of drug-likeness (QED) is 0.619. The Kier molecular flexibility index (Phi) is 5.35. The molecule has 33 heavy (non-hydrogen) atoms. The van der Waals surface area contributed by atoms with Crippen LogP contribution in [0.1, 0.15) is 21.5 Å². The molecule has 0 bridgehead atoms. The van der Waals surface area contributed by atoms with Crippen molar-refractivity contribution in [1.29, 1.82) is 0 Å². The summed E-state index contributed by atoms with van der Waals surface area (Å²) < 4.78 is 33.3. The van der Waals surface area contributed by atoms with Crippen LogP contribution in [0.3, 0.4) is 0 Å². The van der Waals surface area contributed by atoms with E-state index in [1.165, 1.54) is 16.4 Å². The Labute approximate surface area is 191 Å². The smallest absolute Gasteiger partial charge is 0.262 e. The molecular formula is C24H21N3O5S. The average molecular weight is 464 g/mol. The lowest BCUT2D eigenvalue weighted by Crippen LogP contribution is -2.36. The predicted molar refractivity (Wildman–Crippen MR) is 123 cm³/mol. The van der Waals surface area contributed by atoms with Gasteiger partial charge in [0.25, 0.3) is 11.8 Å². The molecule has 2 aliphatic heterocycles. The number of nitrogens with zero attached hydrogens (tertiary/aromatic N) is 1. The second-order valence-electron chi connectivity index (χ2n) is 7.89. The highest BCUT2D eigenvalue weighted by Crippen LogP contribution is 2.31. The first-order valence-electron chi connectivity index (χ1n) is 10.5. The first-order valence-corrected chi connectivity index (χ1v) is 11.9. The monoisotopic (exact) mass is 463 g/mol. The van der Waals surface area contributed by atoms with Crippen LogP contribution in [0.4, 0.5) is 11.4 Å². The number of benzene rings is 3. The molecule has 2 heterocycles. The van der Waals surface area contributed by atoms with Crippen LogP contribution in [0, 0.1) is 0 Å². The third-order valence-electron chi connectivity index (χ3n) is 5.70. The molecule has 2 N–H and O–H groups in total. The summed E-state index contributed by atoms with van der Waals surface area (Å²) in [4.78, 5) is 24.4. The number of carbonyl (C=O) groups is 2. The van der Waals surface area contributed by atoms with Crippen molar-refractivity contribution in [3.63, 3.8) is 0 Å². The predicted octanol–water partition coefficient (Wildman–Crippen LogP) is 3.02. The summed E-state index contributed by atoms with van der Waals surface area (Å²) in [6, 6.07) is 18.7. The molecule has 3 aromatic carbocycles. The third-order valence-corrected chi connectivity index (χ3v) is 7.54. The maximum atomic E-state index is 13.3.